The summed E-state index contributed by atoms with van der Waals surface area (Å²) in [6, 6.07) is 25.4. The molecular formula is C35H29IN4O6. The Labute approximate surface area is 277 Å². The van der Waals surface area contributed by atoms with Gasteiger partial charge in [0.2, 0.25) is 5.82 Å². The van der Waals surface area contributed by atoms with Gasteiger partial charge in [0.05, 0.1) is 39.8 Å². The Morgan fingerprint density at radius 3 is 2.59 bits per heavy atom. The van der Waals surface area contributed by atoms with Crippen molar-refractivity contribution in [3.05, 3.63) is 110 Å². The minimum atomic E-state index is -0.358. The molecule has 1 N–H and O–H groups in total. The first-order chi connectivity index (χ1) is 22.3. The van der Waals surface area contributed by atoms with E-state index in [4.69, 9.17) is 23.6 Å². The first-order valence-electron chi connectivity index (χ1n) is 14.4. The Morgan fingerprint density at radius 1 is 1.00 bits per heavy atom. The second-order valence-corrected chi connectivity index (χ2v) is 11.4. The number of carbonyl (C=O) groups is 1. The van der Waals surface area contributed by atoms with Crippen molar-refractivity contribution in [2.24, 2.45) is 5.10 Å². The molecule has 2 aromatic heterocycles. The average Bonchev–Trinajstić information content (AvgIpc) is 3.50. The number of nitrogens with zero attached hydrogens (tertiary/aromatic N) is 3. The van der Waals surface area contributed by atoms with Gasteiger partial charge in [-0.15, -0.1) is 0 Å². The number of para-hydroxylation sites is 1. The monoisotopic (exact) mass is 728 g/mol. The van der Waals surface area contributed by atoms with E-state index in [1.165, 1.54) is 4.68 Å². The lowest BCUT2D eigenvalue weighted by molar-refractivity contribution is -0.118. The number of hydrogen-bond donors (Lipinski definition) is 1. The molecule has 0 aliphatic rings. The van der Waals surface area contributed by atoms with E-state index >= 15 is 0 Å². The van der Waals surface area contributed by atoms with Crippen LogP contribution in [0.3, 0.4) is 0 Å². The smallest absolute Gasteiger partial charge is 0.282 e. The molecule has 0 saturated heterocycles. The molecule has 6 rings (SSSR count). The van der Waals surface area contributed by atoms with Crippen LogP contribution in [0.25, 0.3) is 33.5 Å². The molecule has 6 aromatic rings. The van der Waals surface area contributed by atoms with Gasteiger partial charge in [-0.05, 0) is 96.6 Å². The van der Waals surface area contributed by atoms with Crippen LogP contribution in [0.15, 0.2) is 99.2 Å². The number of carbonyl (C=O) groups excluding carboxylic acids is 1. The van der Waals surface area contributed by atoms with Crippen molar-refractivity contribution in [1.82, 2.24) is 9.66 Å². The second kappa shape index (κ2) is 13.4. The molecule has 11 heteroatoms. The fourth-order valence-corrected chi connectivity index (χ4v) is 5.66. The van der Waals surface area contributed by atoms with E-state index in [0.29, 0.717) is 60.9 Å². The molecule has 10 nitrogen and oxygen atoms in total. The molecule has 232 valence electrons. The van der Waals surface area contributed by atoms with Gasteiger partial charge in [0.25, 0.3) is 11.5 Å². The first-order valence-corrected chi connectivity index (χ1v) is 15.5. The number of rotatable bonds is 10. The van der Waals surface area contributed by atoms with Gasteiger partial charge in [0.1, 0.15) is 11.3 Å². The van der Waals surface area contributed by atoms with Gasteiger partial charge in [-0.1, -0.05) is 35.9 Å². The van der Waals surface area contributed by atoms with E-state index in [-0.39, 0.29) is 23.9 Å². The highest BCUT2D eigenvalue weighted by Gasteiger charge is 2.19. The Kier molecular flexibility index (Phi) is 9.01. The molecule has 0 saturated carbocycles. The Morgan fingerprint density at radius 2 is 1.80 bits per heavy atom. The molecule has 0 aliphatic heterocycles. The SMILES string of the molecule is CCOc1cc(C=Nn2c(-c3cc4c(OC)cccc4o3)nc3ccccc3c2=O)cc(I)c1OCC(=O)Nc1ccc(C)cc1. The first kappa shape index (κ1) is 30.8. The largest absolute Gasteiger partial charge is 0.496 e. The van der Waals surface area contributed by atoms with E-state index < -0.39 is 0 Å². The number of benzene rings is 4. The van der Waals surface area contributed by atoms with E-state index in [1.54, 1.807) is 43.7 Å². The van der Waals surface area contributed by atoms with Crippen LogP contribution in [0.4, 0.5) is 5.69 Å². The standard InChI is InChI=1S/C35H29IN4O6/c1-4-44-30-17-22(16-26(36)33(30)45-20-32(41)38-23-14-12-21(2)13-15-23)19-37-40-34(39-27-9-6-5-8-24(27)35(40)42)31-18-25-28(43-3)10-7-11-29(25)46-31/h5-19H,4,20H2,1-3H3,(H,38,41). The zero-order valence-electron chi connectivity index (χ0n) is 25.2. The minimum Gasteiger partial charge on any atom is -0.496 e. The van der Waals surface area contributed by atoms with E-state index in [0.717, 1.165) is 10.9 Å². The number of anilines is 1. The highest BCUT2D eigenvalue weighted by atomic mass is 127. The average molecular weight is 729 g/mol. The maximum atomic E-state index is 13.7. The van der Waals surface area contributed by atoms with Crippen molar-refractivity contribution in [3.8, 4) is 28.8 Å². The van der Waals surface area contributed by atoms with E-state index in [2.05, 4.69) is 33.0 Å². The fraction of sp³-hybridized carbons (Fsp3) is 0.143. The van der Waals surface area contributed by atoms with Crippen LogP contribution in [0.2, 0.25) is 0 Å². The molecule has 0 bridgehead atoms. The van der Waals surface area contributed by atoms with Crippen LogP contribution in [-0.2, 0) is 4.79 Å². The minimum absolute atomic E-state index is 0.207. The van der Waals surface area contributed by atoms with Crippen molar-refractivity contribution < 1.29 is 23.4 Å². The number of fused-ring (bicyclic) bond motifs is 2. The maximum absolute atomic E-state index is 13.7. The molecule has 0 fully saturated rings. The number of amides is 1. The number of nitrogens with one attached hydrogen (secondary N) is 1. The van der Waals surface area contributed by atoms with Crippen molar-refractivity contribution in [2.45, 2.75) is 13.8 Å². The zero-order valence-corrected chi connectivity index (χ0v) is 27.4. The number of ether oxygens (including phenoxy) is 3. The Hall–Kier alpha value is -5.17. The predicted molar refractivity (Wildman–Crippen MR) is 186 cm³/mol. The molecule has 0 aliphatic carbocycles. The summed E-state index contributed by atoms with van der Waals surface area (Å²) in [4.78, 5) is 31.1. The molecule has 1 amide bonds. The van der Waals surface area contributed by atoms with Gasteiger partial charge < -0.3 is 23.9 Å². The molecule has 0 spiro atoms. The molecule has 0 atom stereocenters. The number of hydrogen-bond acceptors (Lipinski definition) is 8. The quantitative estimate of drug-likeness (QED) is 0.119. The summed E-state index contributed by atoms with van der Waals surface area (Å²) in [5, 5.41) is 8.56. The number of furan rings is 1. The van der Waals surface area contributed by atoms with Crippen LogP contribution >= 0.6 is 22.6 Å². The van der Waals surface area contributed by atoms with Crippen molar-refractivity contribution >= 4 is 62.3 Å². The number of methoxy groups -OCH3 is 1. The lowest BCUT2D eigenvalue weighted by Crippen LogP contribution is -2.21. The van der Waals surface area contributed by atoms with Crippen molar-refractivity contribution in [1.29, 1.82) is 0 Å². The summed E-state index contributed by atoms with van der Waals surface area (Å²) >= 11 is 2.12. The predicted octanol–water partition coefficient (Wildman–Crippen LogP) is 7.03. The lowest BCUT2D eigenvalue weighted by Gasteiger charge is -2.15. The summed E-state index contributed by atoms with van der Waals surface area (Å²) in [5.74, 6) is 1.80. The van der Waals surface area contributed by atoms with Crippen LogP contribution in [-0.4, -0.2) is 42.1 Å². The number of aromatic nitrogens is 2. The maximum Gasteiger partial charge on any atom is 0.282 e. The molecule has 0 unspecified atom stereocenters. The van der Waals surface area contributed by atoms with Crippen molar-refractivity contribution in [3.63, 3.8) is 0 Å². The highest BCUT2D eigenvalue weighted by molar-refractivity contribution is 14.1. The second-order valence-electron chi connectivity index (χ2n) is 10.3. The molecule has 0 radical (unpaired) electrons. The summed E-state index contributed by atoms with van der Waals surface area (Å²) in [6.07, 6.45) is 1.54. The van der Waals surface area contributed by atoms with Crippen molar-refractivity contribution in [2.75, 3.05) is 25.6 Å². The van der Waals surface area contributed by atoms with Crippen LogP contribution in [0, 0.1) is 10.5 Å². The third kappa shape index (κ3) is 6.45. The normalized spacial score (nSPS) is 11.3. The van der Waals surface area contributed by atoms with E-state index in [9.17, 15) is 9.59 Å². The number of aryl methyl sites for hydroxylation is 1. The van der Waals surface area contributed by atoms with Gasteiger partial charge >= 0.3 is 0 Å². The number of halogens is 1. The molecule has 2 heterocycles. The van der Waals surface area contributed by atoms with E-state index in [1.807, 2.05) is 68.4 Å². The van der Waals surface area contributed by atoms with Crippen LogP contribution in [0.5, 0.6) is 17.2 Å². The van der Waals surface area contributed by atoms with Gasteiger partial charge in [-0.25, -0.2) is 4.98 Å². The topological polar surface area (TPSA) is 117 Å². The third-order valence-electron chi connectivity index (χ3n) is 7.05. The molecular weight excluding hydrogens is 699 g/mol. The summed E-state index contributed by atoms with van der Waals surface area (Å²) in [5.41, 5.74) is 3.17. The Balaban J connectivity index is 1.34. The highest BCUT2D eigenvalue weighted by Crippen LogP contribution is 2.35. The molecule has 46 heavy (non-hydrogen) atoms. The summed E-state index contributed by atoms with van der Waals surface area (Å²) < 4.78 is 25.3. The fourth-order valence-electron chi connectivity index (χ4n) is 4.87. The van der Waals surface area contributed by atoms with Crippen LogP contribution in [0.1, 0.15) is 18.1 Å². The van der Waals surface area contributed by atoms with Crippen LogP contribution < -0.4 is 25.1 Å². The molecule has 4 aromatic carbocycles. The Bertz CT molecular complexity index is 2150. The summed E-state index contributed by atoms with van der Waals surface area (Å²) in [6.45, 7) is 4.00. The zero-order chi connectivity index (χ0) is 32.2. The summed E-state index contributed by atoms with van der Waals surface area (Å²) in [7, 11) is 1.59. The van der Waals surface area contributed by atoms with Gasteiger partial charge in [0.15, 0.2) is 23.9 Å². The lowest BCUT2D eigenvalue weighted by atomic mass is 10.2. The van der Waals surface area contributed by atoms with Gasteiger partial charge in [-0.2, -0.15) is 9.78 Å². The third-order valence-corrected chi connectivity index (χ3v) is 7.85. The van der Waals surface area contributed by atoms with Gasteiger partial charge in [-0.3, -0.25) is 9.59 Å². The van der Waals surface area contributed by atoms with Gasteiger partial charge in [0, 0.05) is 5.69 Å².